The van der Waals surface area contributed by atoms with Crippen LogP contribution in [0.1, 0.15) is 39.1 Å². The van der Waals surface area contributed by atoms with Gasteiger partial charge in [0.05, 0.1) is 17.7 Å². The van der Waals surface area contributed by atoms with Crippen molar-refractivity contribution < 1.29 is 23.9 Å². The maximum Gasteiger partial charge on any atom is 0.262 e. The van der Waals surface area contributed by atoms with Crippen LogP contribution in [-0.4, -0.2) is 77.9 Å². The standard InChI is InChI=1S/C20H22N4O5/c25-15-5-4-14(17(26)22-15)24-18(27)13-3-1-2-12(16(13)19(24)28)8-23-10-20(11-23)9-21-6-7-29-20/h1-3,14,21H,4-11H2,(H,22,25,26). The van der Waals surface area contributed by atoms with E-state index in [0.29, 0.717) is 24.3 Å². The van der Waals surface area contributed by atoms with Crippen molar-refractivity contribution in [1.29, 1.82) is 0 Å². The summed E-state index contributed by atoms with van der Waals surface area (Å²) in [7, 11) is 0. The fourth-order valence-corrected chi connectivity index (χ4v) is 4.75. The Morgan fingerprint density at radius 1 is 1.14 bits per heavy atom. The van der Waals surface area contributed by atoms with E-state index in [1.807, 2.05) is 6.07 Å². The molecule has 1 aromatic carbocycles. The lowest BCUT2D eigenvalue weighted by Gasteiger charge is -2.51. The van der Waals surface area contributed by atoms with E-state index in [1.54, 1.807) is 12.1 Å². The van der Waals surface area contributed by atoms with Gasteiger partial charge in [-0.2, -0.15) is 0 Å². The molecule has 0 bridgehead atoms. The Morgan fingerprint density at radius 2 is 1.97 bits per heavy atom. The van der Waals surface area contributed by atoms with Crippen molar-refractivity contribution in [3.8, 4) is 0 Å². The summed E-state index contributed by atoms with van der Waals surface area (Å²) in [5.74, 6) is -1.90. The first-order chi connectivity index (χ1) is 14.0. The lowest BCUT2D eigenvalue weighted by molar-refractivity contribution is -0.158. The number of piperidine rings is 1. The zero-order valence-electron chi connectivity index (χ0n) is 15.9. The Labute approximate surface area is 167 Å². The zero-order chi connectivity index (χ0) is 20.2. The number of hydrogen-bond acceptors (Lipinski definition) is 7. The van der Waals surface area contributed by atoms with Crippen molar-refractivity contribution in [2.45, 2.75) is 31.0 Å². The molecule has 2 N–H and O–H groups in total. The summed E-state index contributed by atoms with van der Waals surface area (Å²) in [6, 6.07) is 4.29. The number of morpholine rings is 1. The van der Waals surface area contributed by atoms with E-state index in [2.05, 4.69) is 15.5 Å². The highest BCUT2D eigenvalue weighted by Crippen LogP contribution is 2.33. The molecular weight excluding hydrogens is 376 g/mol. The normalized spacial score (nSPS) is 26.5. The third-order valence-corrected chi connectivity index (χ3v) is 6.11. The van der Waals surface area contributed by atoms with E-state index in [-0.39, 0.29) is 24.3 Å². The van der Waals surface area contributed by atoms with E-state index in [9.17, 15) is 19.2 Å². The van der Waals surface area contributed by atoms with Crippen LogP contribution in [0, 0.1) is 0 Å². The second-order valence-corrected chi connectivity index (χ2v) is 8.14. The van der Waals surface area contributed by atoms with Gasteiger partial charge in [0, 0.05) is 39.1 Å². The number of imide groups is 2. The second-order valence-electron chi connectivity index (χ2n) is 8.14. The van der Waals surface area contributed by atoms with E-state index in [1.165, 1.54) is 0 Å². The lowest BCUT2D eigenvalue weighted by atomic mass is 9.91. The molecule has 29 heavy (non-hydrogen) atoms. The number of carbonyl (C=O) groups is 4. The minimum absolute atomic E-state index is 0.112. The summed E-state index contributed by atoms with van der Waals surface area (Å²) in [4.78, 5) is 52.9. The van der Waals surface area contributed by atoms with E-state index < -0.39 is 23.8 Å². The summed E-state index contributed by atoms with van der Waals surface area (Å²) >= 11 is 0. The van der Waals surface area contributed by atoms with Crippen LogP contribution >= 0.6 is 0 Å². The molecule has 152 valence electrons. The number of nitrogens with one attached hydrogen (secondary N) is 2. The number of fused-ring (bicyclic) bond motifs is 1. The van der Waals surface area contributed by atoms with Crippen molar-refractivity contribution in [3.05, 3.63) is 34.9 Å². The lowest BCUT2D eigenvalue weighted by Crippen LogP contribution is -2.69. The molecule has 1 unspecified atom stereocenters. The first-order valence-corrected chi connectivity index (χ1v) is 9.88. The molecule has 0 aliphatic carbocycles. The number of ether oxygens (including phenoxy) is 1. The van der Waals surface area contributed by atoms with Gasteiger partial charge >= 0.3 is 0 Å². The van der Waals surface area contributed by atoms with Crippen LogP contribution in [0.2, 0.25) is 0 Å². The number of nitrogens with zero attached hydrogens (tertiary/aromatic N) is 2. The Kier molecular flexibility index (Phi) is 4.27. The highest BCUT2D eigenvalue weighted by atomic mass is 16.5. The van der Waals surface area contributed by atoms with Gasteiger partial charge in [0.1, 0.15) is 11.6 Å². The number of amides is 4. The molecule has 3 fully saturated rings. The molecule has 9 heteroatoms. The molecule has 4 aliphatic heterocycles. The predicted molar refractivity (Wildman–Crippen MR) is 99.9 cm³/mol. The summed E-state index contributed by atoms with van der Waals surface area (Å²) in [5.41, 5.74) is 1.30. The highest BCUT2D eigenvalue weighted by Gasteiger charge is 2.48. The summed E-state index contributed by atoms with van der Waals surface area (Å²) in [6.07, 6.45) is 0.269. The SMILES string of the molecule is O=C1CCC(N2C(=O)c3cccc(CN4CC5(CNCCO5)C4)c3C2=O)C(=O)N1. The fourth-order valence-electron chi connectivity index (χ4n) is 4.75. The van der Waals surface area contributed by atoms with Crippen LogP contribution < -0.4 is 10.6 Å². The van der Waals surface area contributed by atoms with Crippen LogP contribution in [0.4, 0.5) is 0 Å². The van der Waals surface area contributed by atoms with Crippen molar-refractivity contribution in [2.75, 3.05) is 32.8 Å². The largest absolute Gasteiger partial charge is 0.370 e. The third-order valence-electron chi connectivity index (χ3n) is 6.11. The quantitative estimate of drug-likeness (QED) is 0.646. The number of hydrogen-bond donors (Lipinski definition) is 2. The van der Waals surface area contributed by atoms with Gasteiger partial charge in [-0.1, -0.05) is 12.1 Å². The van der Waals surface area contributed by atoms with Crippen LogP contribution in [-0.2, 0) is 20.9 Å². The molecule has 5 rings (SSSR count). The van der Waals surface area contributed by atoms with Gasteiger partial charge in [-0.25, -0.2) is 0 Å². The second kappa shape index (κ2) is 6.72. The van der Waals surface area contributed by atoms with Crippen molar-refractivity contribution in [2.24, 2.45) is 0 Å². The van der Waals surface area contributed by atoms with Gasteiger partial charge in [0.2, 0.25) is 11.8 Å². The first kappa shape index (κ1) is 18.4. The first-order valence-electron chi connectivity index (χ1n) is 9.88. The Hall–Kier alpha value is -2.62. The fraction of sp³-hybridized carbons (Fsp3) is 0.500. The molecule has 1 spiro atoms. The minimum Gasteiger partial charge on any atom is -0.370 e. The minimum atomic E-state index is -0.943. The molecule has 4 aliphatic rings. The zero-order valence-corrected chi connectivity index (χ0v) is 15.9. The molecule has 3 saturated heterocycles. The van der Waals surface area contributed by atoms with Gasteiger partial charge in [0.25, 0.3) is 11.8 Å². The van der Waals surface area contributed by atoms with Gasteiger partial charge in [-0.3, -0.25) is 34.3 Å². The van der Waals surface area contributed by atoms with Crippen LogP contribution in [0.3, 0.4) is 0 Å². The van der Waals surface area contributed by atoms with Gasteiger partial charge in [0.15, 0.2) is 0 Å². The van der Waals surface area contributed by atoms with Crippen molar-refractivity contribution >= 4 is 23.6 Å². The third kappa shape index (κ3) is 2.97. The van der Waals surface area contributed by atoms with Gasteiger partial charge in [-0.05, 0) is 18.1 Å². The predicted octanol–water partition coefficient (Wildman–Crippen LogP) is -0.738. The van der Waals surface area contributed by atoms with E-state index >= 15 is 0 Å². The van der Waals surface area contributed by atoms with Crippen LogP contribution in [0.15, 0.2) is 18.2 Å². The number of benzene rings is 1. The molecule has 0 saturated carbocycles. The average Bonchev–Trinajstić information content (AvgIpc) is 2.93. The Morgan fingerprint density at radius 3 is 2.69 bits per heavy atom. The Bertz CT molecular complexity index is 915. The molecule has 1 aromatic rings. The van der Waals surface area contributed by atoms with E-state index in [4.69, 9.17) is 4.74 Å². The molecule has 0 radical (unpaired) electrons. The molecule has 0 aromatic heterocycles. The van der Waals surface area contributed by atoms with Crippen molar-refractivity contribution in [1.82, 2.24) is 20.4 Å². The smallest absolute Gasteiger partial charge is 0.262 e. The van der Waals surface area contributed by atoms with Crippen molar-refractivity contribution in [3.63, 3.8) is 0 Å². The molecule has 1 atom stereocenters. The maximum atomic E-state index is 13.1. The Balaban J connectivity index is 1.35. The summed E-state index contributed by atoms with van der Waals surface area (Å²) in [6.45, 7) is 4.45. The number of rotatable bonds is 3. The van der Waals surface area contributed by atoms with Gasteiger partial charge in [-0.15, -0.1) is 0 Å². The molecular formula is C20H22N4O5. The van der Waals surface area contributed by atoms with Crippen LogP contribution in [0.25, 0.3) is 0 Å². The molecule has 9 nitrogen and oxygen atoms in total. The van der Waals surface area contributed by atoms with Gasteiger partial charge < -0.3 is 10.1 Å². The summed E-state index contributed by atoms with van der Waals surface area (Å²) < 4.78 is 5.91. The maximum absolute atomic E-state index is 13.1. The monoisotopic (exact) mass is 398 g/mol. The van der Waals surface area contributed by atoms with E-state index in [0.717, 1.165) is 36.6 Å². The number of carbonyl (C=O) groups excluding carboxylic acids is 4. The topological polar surface area (TPSA) is 108 Å². The highest BCUT2D eigenvalue weighted by molar-refractivity contribution is 6.24. The molecule has 4 amide bonds. The summed E-state index contributed by atoms with van der Waals surface area (Å²) in [5, 5.41) is 5.57. The van der Waals surface area contributed by atoms with Crippen LogP contribution in [0.5, 0.6) is 0 Å². The number of likely N-dealkylation sites (tertiary alicyclic amines) is 1. The average molecular weight is 398 g/mol. The molecule has 4 heterocycles.